The van der Waals surface area contributed by atoms with E-state index in [1.54, 1.807) is 19.3 Å². The molecule has 0 aliphatic heterocycles. The van der Waals surface area contributed by atoms with Crippen molar-refractivity contribution < 1.29 is 17.9 Å². The van der Waals surface area contributed by atoms with Crippen LogP contribution in [0.5, 0.6) is 0 Å². The number of rotatable bonds is 7. The average Bonchev–Trinajstić information content (AvgIpc) is 2.67. The van der Waals surface area contributed by atoms with Gasteiger partial charge in [0.25, 0.3) is 6.43 Å². The molecule has 1 rings (SSSR count). The highest BCUT2D eigenvalue weighted by Crippen LogP contribution is 2.00. The minimum absolute atomic E-state index is 0.228. The number of furan rings is 1. The Labute approximate surface area is 87.4 Å². The summed E-state index contributed by atoms with van der Waals surface area (Å²) in [5, 5.41) is 3.05. The lowest BCUT2D eigenvalue weighted by Crippen LogP contribution is -2.27. The normalized spacial score (nSPS) is 13.3. The zero-order valence-electron chi connectivity index (χ0n) is 8.58. The summed E-state index contributed by atoms with van der Waals surface area (Å²) in [6.07, 6.45) is -1.04. The molecule has 0 fully saturated rings. The predicted molar refractivity (Wildman–Crippen MR) is 51.8 cm³/mol. The number of alkyl halides is 2. The molecular weight excluding hydrogens is 204 g/mol. The van der Waals surface area contributed by atoms with Crippen molar-refractivity contribution in [3.8, 4) is 0 Å². The van der Waals surface area contributed by atoms with E-state index in [0.717, 1.165) is 5.76 Å². The number of hydrogen-bond acceptors (Lipinski definition) is 3. The van der Waals surface area contributed by atoms with Crippen LogP contribution in [-0.2, 0) is 11.3 Å². The molecule has 0 spiro atoms. The van der Waals surface area contributed by atoms with Gasteiger partial charge in [0.05, 0.1) is 18.9 Å². The van der Waals surface area contributed by atoms with E-state index in [0.29, 0.717) is 13.1 Å². The predicted octanol–water partition coefficient (Wildman–Crippen LogP) is 2.04. The fourth-order valence-corrected chi connectivity index (χ4v) is 1.11. The Morgan fingerprint density at radius 1 is 1.53 bits per heavy atom. The van der Waals surface area contributed by atoms with Crippen LogP contribution in [0.1, 0.15) is 12.7 Å². The van der Waals surface area contributed by atoms with Crippen LogP contribution in [0.2, 0.25) is 0 Å². The lowest BCUT2D eigenvalue weighted by molar-refractivity contribution is -0.0165. The first-order chi connectivity index (χ1) is 7.18. The van der Waals surface area contributed by atoms with Crippen LogP contribution in [0, 0.1) is 0 Å². The largest absolute Gasteiger partial charge is 0.468 e. The van der Waals surface area contributed by atoms with Crippen LogP contribution < -0.4 is 5.32 Å². The van der Waals surface area contributed by atoms with Crippen molar-refractivity contribution in [3.63, 3.8) is 0 Å². The Bertz CT molecular complexity index is 252. The number of nitrogens with one attached hydrogen (secondary N) is 1. The second-order valence-electron chi connectivity index (χ2n) is 3.25. The maximum Gasteiger partial charge on any atom is 0.261 e. The van der Waals surface area contributed by atoms with E-state index in [2.05, 4.69) is 5.32 Å². The highest BCUT2D eigenvalue weighted by Gasteiger charge is 2.07. The monoisotopic (exact) mass is 219 g/mol. The summed E-state index contributed by atoms with van der Waals surface area (Å²) in [7, 11) is 0. The number of hydrogen-bond donors (Lipinski definition) is 1. The lowest BCUT2D eigenvalue weighted by atomic mass is 10.4. The quantitative estimate of drug-likeness (QED) is 0.762. The molecular formula is C10H15F2NO2. The van der Waals surface area contributed by atoms with Crippen molar-refractivity contribution in [2.75, 3.05) is 13.2 Å². The van der Waals surface area contributed by atoms with Gasteiger partial charge >= 0.3 is 0 Å². The van der Waals surface area contributed by atoms with Crippen molar-refractivity contribution in [2.24, 2.45) is 0 Å². The molecule has 1 atom stereocenters. The van der Waals surface area contributed by atoms with Gasteiger partial charge in [-0.3, -0.25) is 0 Å². The van der Waals surface area contributed by atoms with Crippen LogP contribution >= 0.6 is 0 Å². The molecule has 0 amide bonds. The summed E-state index contributed by atoms with van der Waals surface area (Å²) in [5.41, 5.74) is 0. The van der Waals surface area contributed by atoms with Gasteiger partial charge in [0.2, 0.25) is 0 Å². The summed E-state index contributed by atoms with van der Waals surface area (Å²) in [6, 6.07) is 3.64. The van der Waals surface area contributed by atoms with Gasteiger partial charge in [-0.05, 0) is 19.1 Å². The lowest BCUT2D eigenvalue weighted by Gasteiger charge is -2.12. The molecule has 1 unspecified atom stereocenters. The van der Waals surface area contributed by atoms with E-state index in [1.807, 2.05) is 6.07 Å². The molecule has 0 aliphatic rings. The topological polar surface area (TPSA) is 34.4 Å². The van der Waals surface area contributed by atoms with Crippen LogP contribution in [0.3, 0.4) is 0 Å². The molecule has 0 aromatic carbocycles. The highest BCUT2D eigenvalue weighted by atomic mass is 19.3. The second kappa shape index (κ2) is 6.53. The van der Waals surface area contributed by atoms with Crippen LogP contribution in [-0.4, -0.2) is 25.7 Å². The fourth-order valence-electron chi connectivity index (χ4n) is 1.11. The van der Waals surface area contributed by atoms with Crippen molar-refractivity contribution in [2.45, 2.75) is 26.0 Å². The van der Waals surface area contributed by atoms with Crippen molar-refractivity contribution in [1.82, 2.24) is 5.32 Å². The minimum Gasteiger partial charge on any atom is -0.468 e. The molecule has 15 heavy (non-hydrogen) atoms. The minimum atomic E-state index is -2.41. The van der Waals surface area contributed by atoms with Gasteiger partial charge in [-0.1, -0.05) is 0 Å². The Morgan fingerprint density at radius 3 is 2.93 bits per heavy atom. The van der Waals surface area contributed by atoms with Crippen LogP contribution in [0.15, 0.2) is 22.8 Å². The number of ether oxygens (including phenoxy) is 1. The summed E-state index contributed by atoms with van der Waals surface area (Å²) >= 11 is 0. The summed E-state index contributed by atoms with van der Waals surface area (Å²) < 4.78 is 33.5. The summed E-state index contributed by atoms with van der Waals surface area (Å²) in [5.74, 6) is 0.816. The van der Waals surface area contributed by atoms with Crippen LogP contribution in [0.4, 0.5) is 8.78 Å². The van der Waals surface area contributed by atoms with Gasteiger partial charge in [-0.25, -0.2) is 8.78 Å². The molecule has 0 saturated carbocycles. The maximum absolute atomic E-state index is 11.8. The third-order valence-electron chi connectivity index (χ3n) is 1.82. The SMILES string of the molecule is CC(CNCc1ccco1)OCC(F)F. The fraction of sp³-hybridized carbons (Fsp3) is 0.600. The first-order valence-corrected chi connectivity index (χ1v) is 4.81. The molecule has 5 heteroatoms. The van der Waals surface area contributed by atoms with E-state index >= 15 is 0 Å². The smallest absolute Gasteiger partial charge is 0.261 e. The summed E-state index contributed by atoms with van der Waals surface area (Å²) in [4.78, 5) is 0. The zero-order chi connectivity index (χ0) is 11.1. The zero-order valence-corrected chi connectivity index (χ0v) is 8.58. The Balaban J connectivity index is 2.04. The van der Waals surface area contributed by atoms with Gasteiger partial charge in [0.1, 0.15) is 12.4 Å². The molecule has 1 aromatic heterocycles. The third kappa shape index (κ3) is 5.49. The first-order valence-electron chi connectivity index (χ1n) is 4.81. The molecule has 1 aromatic rings. The standard InChI is InChI=1S/C10H15F2NO2/c1-8(15-7-10(11)12)5-13-6-9-3-2-4-14-9/h2-4,8,10,13H,5-7H2,1H3. The van der Waals surface area contributed by atoms with E-state index in [-0.39, 0.29) is 6.10 Å². The molecule has 86 valence electrons. The van der Waals surface area contributed by atoms with Gasteiger partial charge in [-0.15, -0.1) is 0 Å². The molecule has 3 nitrogen and oxygen atoms in total. The molecule has 1 N–H and O–H groups in total. The van der Waals surface area contributed by atoms with Gasteiger partial charge in [0, 0.05) is 6.54 Å². The Kier molecular flexibility index (Phi) is 5.28. The van der Waals surface area contributed by atoms with E-state index in [4.69, 9.17) is 9.15 Å². The Morgan fingerprint density at radius 2 is 2.33 bits per heavy atom. The van der Waals surface area contributed by atoms with Gasteiger partial charge < -0.3 is 14.5 Å². The van der Waals surface area contributed by atoms with E-state index in [9.17, 15) is 8.78 Å². The van der Waals surface area contributed by atoms with Crippen LogP contribution in [0.25, 0.3) is 0 Å². The molecule has 0 radical (unpaired) electrons. The average molecular weight is 219 g/mol. The van der Waals surface area contributed by atoms with E-state index < -0.39 is 13.0 Å². The van der Waals surface area contributed by atoms with Crippen molar-refractivity contribution in [1.29, 1.82) is 0 Å². The van der Waals surface area contributed by atoms with E-state index in [1.165, 1.54) is 0 Å². The third-order valence-corrected chi connectivity index (χ3v) is 1.82. The van der Waals surface area contributed by atoms with Crippen molar-refractivity contribution >= 4 is 0 Å². The first kappa shape index (κ1) is 12.1. The molecule has 1 heterocycles. The van der Waals surface area contributed by atoms with Gasteiger partial charge in [0.15, 0.2) is 0 Å². The highest BCUT2D eigenvalue weighted by molar-refractivity contribution is 4.97. The Hall–Kier alpha value is -0.940. The maximum atomic E-state index is 11.8. The molecule has 0 bridgehead atoms. The van der Waals surface area contributed by atoms with Gasteiger partial charge in [-0.2, -0.15) is 0 Å². The van der Waals surface area contributed by atoms with Crippen molar-refractivity contribution in [3.05, 3.63) is 24.2 Å². The molecule has 0 saturated heterocycles. The second-order valence-corrected chi connectivity index (χ2v) is 3.25. The molecule has 0 aliphatic carbocycles. The summed E-state index contributed by atoms with van der Waals surface area (Å²) in [6.45, 7) is 2.34. The number of halogens is 2.